The number of nitrogens with zero attached hydrogens (tertiary/aromatic N) is 1. The van der Waals surface area contributed by atoms with Gasteiger partial charge in [-0.2, -0.15) is 0 Å². The minimum atomic E-state index is -0.107. The molecular weight excluding hydrogens is 352 g/mol. The molecule has 5 rings (SSSR count). The molecule has 1 aromatic heterocycles. The first-order chi connectivity index (χ1) is 13.7. The summed E-state index contributed by atoms with van der Waals surface area (Å²) in [6.45, 7) is 2.13. The number of carbonyl (C=O) groups is 1. The highest BCUT2D eigenvalue weighted by atomic mass is 16.5. The molecule has 0 atom stereocenters. The van der Waals surface area contributed by atoms with Gasteiger partial charge in [0.05, 0.1) is 0 Å². The van der Waals surface area contributed by atoms with E-state index >= 15 is 0 Å². The van der Waals surface area contributed by atoms with E-state index in [4.69, 9.17) is 4.74 Å². The van der Waals surface area contributed by atoms with Gasteiger partial charge in [-0.15, -0.1) is 0 Å². The Morgan fingerprint density at radius 3 is 2.57 bits per heavy atom. The van der Waals surface area contributed by atoms with Crippen LogP contribution in [0.4, 0.5) is 0 Å². The molecule has 142 valence electrons. The van der Waals surface area contributed by atoms with Crippen molar-refractivity contribution in [3.05, 3.63) is 81.3 Å². The van der Waals surface area contributed by atoms with Gasteiger partial charge in [0, 0.05) is 43.6 Å². The molecular formula is C23H22N2O3. The van der Waals surface area contributed by atoms with Crippen LogP contribution in [0.15, 0.2) is 53.5 Å². The second kappa shape index (κ2) is 6.91. The summed E-state index contributed by atoms with van der Waals surface area (Å²) in [5.74, 6) is 0.135. The number of carbonyl (C=O) groups excluding carboxylic acids is 1. The summed E-state index contributed by atoms with van der Waals surface area (Å²) in [6, 6.07) is 14.0. The number of fused-ring (bicyclic) bond motifs is 3. The molecule has 2 aromatic carbocycles. The van der Waals surface area contributed by atoms with Crippen LogP contribution in [-0.4, -0.2) is 35.0 Å². The number of benzene rings is 2. The second-order valence-corrected chi connectivity index (χ2v) is 7.62. The van der Waals surface area contributed by atoms with Gasteiger partial charge in [0.25, 0.3) is 5.91 Å². The maximum Gasteiger partial charge on any atom is 0.254 e. The van der Waals surface area contributed by atoms with Crippen molar-refractivity contribution in [2.45, 2.75) is 31.8 Å². The summed E-state index contributed by atoms with van der Waals surface area (Å²) in [5.41, 5.74) is 3.99. The lowest BCUT2D eigenvalue weighted by atomic mass is 9.93. The van der Waals surface area contributed by atoms with Gasteiger partial charge < -0.3 is 14.6 Å². The van der Waals surface area contributed by atoms with Gasteiger partial charge in [0.2, 0.25) is 5.56 Å². The molecule has 5 heteroatoms. The van der Waals surface area contributed by atoms with Crippen LogP contribution in [0, 0.1) is 0 Å². The fraction of sp³-hybridized carbons (Fsp3) is 0.304. The van der Waals surface area contributed by atoms with Crippen LogP contribution in [0.25, 0.3) is 10.8 Å². The quantitative estimate of drug-likeness (QED) is 0.765. The lowest BCUT2D eigenvalue weighted by Crippen LogP contribution is -2.39. The summed E-state index contributed by atoms with van der Waals surface area (Å²) < 4.78 is 5.47. The Morgan fingerprint density at radius 1 is 1.04 bits per heavy atom. The number of nitrogens with one attached hydrogen (secondary N) is 1. The molecule has 3 heterocycles. The lowest BCUT2D eigenvalue weighted by molar-refractivity contribution is 0.0304. The van der Waals surface area contributed by atoms with Gasteiger partial charge in [-0.3, -0.25) is 9.59 Å². The van der Waals surface area contributed by atoms with Crippen molar-refractivity contribution in [2.75, 3.05) is 13.2 Å². The number of rotatable bonds is 3. The van der Waals surface area contributed by atoms with Gasteiger partial charge in [0.15, 0.2) is 0 Å². The van der Waals surface area contributed by atoms with Crippen LogP contribution >= 0.6 is 0 Å². The molecule has 0 unspecified atom stereocenters. The minimum absolute atomic E-state index is 0.107. The van der Waals surface area contributed by atoms with Crippen LogP contribution in [0.2, 0.25) is 0 Å². The van der Waals surface area contributed by atoms with Gasteiger partial charge in [0.1, 0.15) is 0 Å². The molecule has 5 nitrogen and oxygen atoms in total. The Bertz CT molecular complexity index is 1090. The van der Waals surface area contributed by atoms with E-state index in [2.05, 4.69) is 23.2 Å². The van der Waals surface area contributed by atoms with Crippen molar-refractivity contribution in [1.82, 2.24) is 9.88 Å². The summed E-state index contributed by atoms with van der Waals surface area (Å²) in [5, 5.41) is 2.33. The maximum atomic E-state index is 13.2. The maximum absolute atomic E-state index is 13.2. The Hall–Kier alpha value is -2.92. The van der Waals surface area contributed by atoms with E-state index in [1.165, 1.54) is 5.39 Å². The first-order valence-corrected chi connectivity index (χ1v) is 9.80. The predicted molar refractivity (Wildman–Crippen MR) is 108 cm³/mol. The number of hydrogen-bond acceptors (Lipinski definition) is 3. The van der Waals surface area contributed by atoms with Crippen molar-refractivity contribution in [3.8, 4) is 0 Å². The van der Waals surface area contributed by atoms with Gasteiger partial charge >= 0.3 is 0 Å². The van der Waals surface area contributed by atoms with Crippen molar-refractivity contribution in [3.63, 3.8) is 0 Å². The molecule has 0 bridgehead atoms. The number of pyridine rings is 1. The predicted octanol–water partition coefficient (Wildman–Crippen LogP) is 3.25. The third-order valence-corrected chi connectivity index (χ3v) is 5.94. The van der Waals surface area contributed by atoms with Gasteiger partial charge in [-0.25, -0.2) is 0 Å². The van der Waals surface area contributed by atoms with Crippen LogP contribution in [-0.2, 0) is 17.7 Å². The highest BCUT2D eigenvalue weighted by molar-refractivity contribution is 6.05. The zero-order valence-electron chi connectivity index (χ0n) is 15.6. The Labute approximate surface area is 162 Å². The third kappa shape index (κ3) is 2.92. The van der Waals surface area contributed by atoms with Crippen LogP contribution in [0.1, 0.15) is 39.9 Å². The van der Waals surface area contributed by atoms with E-state index in [9.17, 15) is 9.59 Å². The Morgan fingerprint density at radius 2 is 1.82 bits per heavy atom. The van der Waals surface area contributed by atoms with Crippen molar-refractivity contribution in [2.24, 2.45) is 0 Å². The van der Waals surface area contributed by atoms with Crippen molar-refractivity contribution in [1.29, 1.82) is 0 Å². The highest BCUT2D eigenvalue weighted by Gasteiger charge is 2.35. The summed E-state index contributed by atoms with van der Waals surface area (Å²) >= 11 is 0. The van der Waals surface area contributed by atoms with Crippen LogP contribution < -0.4 is 5.56 Å². The molecule has 0 spiro atoms. The smallest absolute Gasteiger partial charge is 0.254 e. The number of ether oxygens (including phenoxy) is 1. The average Bonchev–Trinajstić information content (AvgIpc) is 3.07. The normalized spacial score (nSPS) is 17.3. The molecule has 3 aromatic rings. The van der Waals surface area contributed by atoms with E-state index in [1.54, 1.807) is 12.3 Å². The number of aromatic nitrogens is 1. The van der Waals surface area contributed by atoms with Crippen molar-refractivity contribution >= 4 is 16.7 Å². The topological polar surface area (TPSA) is 62.4 Å². The largest absolute Gasteiger partial charge is 0.381 e. The molecule has 2 aliphatic heterocycles. The van der Waals surface area contributed by atoms with Crippen molar-refractivity contribution < 1.29 is 9.53 Å². The van der Waals surface area contributed by atoms with Crippen LogP contribution in [0.5, 0.6) is 0 Å². The summed E-state index contributed by atoms with van der Waals surface area (Å²) in [7, 11) is 0. The Kier molecular flexibility index (Phi) is 4.24. The van der Waals surface area contributed by atoms with Gasteiger partial charge in [-0.05, 0) is 52.8 Å². The van der Waals surface area contributed by atoms with E-state index < -0.39 is 0 Å². The van der Waals surface area contributed by atoms with Crippen LogP contribution in [0.3, 0.4) is 0 Å². The third-order valence-electron chi connectivity index (χ3n) is 5.94. The van der Waals surface area contributed by atoms with Gasteiger partial charge in [-0.1, -0.05) is 30.3 Å². The zero-order valence-corrected chi connectivity index (χ0v) is 15.6. The molecule has 0 saturated carbocycles. The SMILES string of the molecule is O=C1c2cc(Cc3ccc(=O)[nH]c3)c3ccccc3c2CN1C1CCOCC1. The molecule has 28 heavy (non-hydrogen) atoms. The van der Waals surface area contributed by atoms with E-state index in [-0.39, 0.29) is 17.5 Å². The fourth-order valence-corrected chi connectivity index (χ4v) is 4.48. The average molecular weight is 374 g/mol. The number of hydrogen-bond donors (Lipinski definition) is 1. The minimum Gasteiger partial charge on any atom is -0.381 e. The number of amides is 1. The molecule has 1 saturated heterocycles. The first kappa shape index (κ1) is 17.2. The van der Waals surface area contributed by atoms with E-state index in [0.29, 0.717) is 13.0 Å². The summed E-state index contributed by atoms with van der Waals surface area (Å²) in [4.78, 5) is 29.3. The highest BCUT2D eigenvalue weighted by Crippen LogP contribution is 2.35. The number of H-pyrrole nitrogens is 1. The summed E-state index contributed by atoms with van der Waals surface area (Å²) in [6.07, 6.45) is 4.24. The standard InChI is InChI=1S/C23H22N2O3/c26-22-6-5-15(13-24-22)11-16-12-20-21(19-4-2-1-3-18(16)19)14-25(23(20)27)17-7-9-28-10-8-17/h1-6,12-13,17H,7-11,14H2,(H,24,26). The second-order valence-electron chi connectivity index (χ2n) is 7.62. The van der Waals surface area contributed by atoms with E-state index in [1.807, 2.05) is 23.1 Å². The number of aromatic amines is 1. The molecule has 2 aliphatic rings. The molecule has 1 fully saturated rings. The first-order valence-electron chi connectivity index (χ1n) is 9.80. The molecule has 1 amide bonds. The molecule has 0 radical (unpaired) electrons. The monoisotopic (exact) mass is 374 g/mol. The zero-order chi connectivity index (χ0) is 19.1. The lowest BCUT2D eigenvalue weighted by Gasteiger charge is -2.30. The Balaban J connectivity index is 1.57. The van der Waals surface area contributed by atoms with E-state index in [0.717, 1.165) is 53.7 Å². The fourth-order valence-electron chi connectivity index (χ4n) is 4.48. The molecule has 1 N–H and O–H groups in total. The molecule has 0 aliphatic carbocycles.